The summed E-state index contributed by atoms with van der Waals surface area (Å²) in [6.07, 6.45) is 3.61. The van der Waals surface area contributed by atoms with Crippen LogP contribution in [-0.2, 0) is 11.3 Å². The van der Waals surface area contributed by atoms with Gasteiger partial charge in [0.05, 0.1) is 11.8 Å². The van der Waals surface area contributed by atoms with Crippen molar-refractivity contribution < 1.29 is 14.7 Å². The Bertz CT molecular complexity index is 991. The molecule has 0 saturated carbocycles. The Balaban J connectivity index is 1.80. The minimum absolute atomic E-state index is 0.108. The van der Waals surface area contributed by atoms with Crippen LogP contribution in [0.4, 0.5) is 0 Å². The molecule has 2 amide bonds. The fraction of sp³-hybridized carbons (Fsp3) is 0.105. The van der Waals surface area contributed by atoms with Gasteiger partial charge in [0.15, 0.2) is 0 Å². The van der Waals surface area contributed by atoms with Gasteiger partial charge in [-0.15, -0.1) is 0 Å². The maximum absolute atomic E-state index is 12.1. The molecule has 26 heavy (non-hydrogen) atoms. The molecule has 1 aromatic heterocycles. The van der Waals surface area contributed by atoms with Crippen molar-refractivity contribution in [3.05, 3.63) is 65.9 Å². The van der Waals surface area contributed by atoms with E-state index in [1.54, 1.807) is 12.1 Å². The lowest BCUT2D eigenvalue weighted by Crippen LogP contribution is -2.17. The smallest absolute Gasteiger partial charge is 0.275 e. The average molecular weight is 350 g/mol. The second-order valence-electron chi connectivity index (χ2n) is 5.73. The van der Waals surface area contributed by atoms with E-state index >= 15 is 0 Å². The molecule has 2 aromatic carbocycles. The van der Waals surface area contributed by atoms with Gasteiger partial charge in [0.25, 0.3) is 5.91 Å². The molecular weight excluding hydrogens is 332 g/mol. The number of fused-ring (bicyclic) bond motifs is 1. The van der Waals surface area contributed by atoms with Crippen LogP contribution in [0.25, 0.3) is 10.9 Å². The molecule has 3 aromatic rings. The van der Waals surface area contributed by atoms with Gasteiger partial charge in [0, 0.05) is 35.6 Å². The second kappa shape index (κ2) is 7.52. The number of phenolic OH excluding ortho intramolecular Hbond substituents is 1. The highest BCUT2D eigenvalue weighted by atomic mass is 16.3. The first-order chi connectivity index (χ1) is 12.6. The Kier molecular flexibility index (Phi) is 4.98. The van der Waals surface area contributed by atoms with Crippen LogP contribution in [0.15, 0.2) is 59.8 Å². The summed E-state index contributed by atoms with van der Waals surface area (Å²) >= 11 is 0. The maximum Gasteiger partial charge on any atom is 0.275 e. The zero-order valence-corrected chi connectivity index (χ0v) is 13.9. The molecule has 0 radical (unpaired) electrons. The first-order valence-electron chi connectivity index (χ1n) is 8.04. The van der Waals surface area contributed by atoms with Gasteiger partial charge in [0.2, 0.25) is 5.91 Å². The summed E-state index contributed by atoms with van der Waals surface area (Å²) in [7, 11) is 0. The number of amides is 2. The lowest BCUT2D eigenvalue weighted by Gasteiger charge is -2.02. The Labute approximate surface area is 149 Å². The number of carbonyl (C=O) groups is 2. The molecule has 0 aliphatic heterocycles. The fourth-order valence-electron chi connectivity index (χ4n) is 2.68. The predicted molar refractivity (Wildman–Crippen MR) is 98.9 cm³/mol. The molecule has 7 heteroatoms. The molecule has 4 N–H and O–H groups in total. The Morgan fingerprint density at radius 3 is 2.65 bits per heavy atom. The van der Waals surface area contributed by atoms with Gasteiger partial charge in [0.1, 0.15) is 5.75 Å². The number of aromatic hydroxyl groups is 1. The number of carbonyl (C=O) groups excluding carboxylic acids is 2. The number of hydrogen-bond acceptors (Lipinski definition) is 4. The van der Waals surface area contributed by atoms with Crippen molar-refractivity contribution in [3.8, 4) is 5.75 Å². The minimum Gasteiger partial charge on any atom is -0.507 e. The molecule has 0 saturated heterocycles. The fourth-order valence-corrected chi connectivity index (χ4v) is 2.68. The second-order valence-corrected chi connectivity index (χ2v) is 5.73. The molecule has 0 atom stereocenters. The van der Waals surface area contributed by atoms with E-state index in [-0.39, 0.29) is 23.6 Å². The number of aromatic nitrogens is 1. The van der Waals surface area contributed by atoms with Crippen molar-refractivity contribution in [2.24, 2.45) is 10.8 Å². The first kappa shape index (κ1) is 17.2. The van der Waals surface area contributed by atoms with Crippen LogP contribution in [0.2, 0.25) is 0 Å². The highest BCUT2D eigenvalue weighted by Gasteiger charge is 2.10. The van der Waals surface area contributed by atoms with Crippen molar-refractivity contribution in [2.75, 3.05) is 0 Å². The van der Waals surface area contributed by atoms with E-state index in [1.807, 2.05) is 35.0 Å². The van der Waals surface area contributed by atoms with E-state index in [4.69, 9.17) is 5.73 Å². The zero-order chi connectivity index (χ0) is 18.5. The summed E-state index contributed by atoms with van der Waals surface area (Å²) in [5.74, 6) is -0.979. The summed E-state index contributed by atoms with van der Waals surface area (Å²) in [6.45, 7) is 0.466. The van der Waals surface area contributed by atoms with Crippen molar-refractivity contribution >= 4 is 28.9 Å². The molecule has 0 aliphatic carbocycles. The van der Waals surface area contributed by atoms with Crippen LogP contribution < -0.4 is 11.2 Å². The molecule has 132 valence electrons. The number of rotatable bonds is 6. The molecular formula is C19H18N4O3. The molecule has 0 unspecified atom stereocenters. The standard InChI is InChI=1S/C19H18N4O3/c20-18(25)9-10-23-12-13(14-5-1-3-7-16(14)23)11-21-22-19(26)15-6-2-4-8-17(15)24/h1-8,11-12,24H,9-10H2,(H2,20,25)(H,22,26)/b21-11+. The summed E-state index contributed by atoms with van der Waals surface area (Å²) in [5, 5.41) is 14.6. The van der Waals surface area contributed by atoms with Gasteiger partial charge in [-0.3, -0.25) is 9.59 Å². The normalized spacial score (nSPS) is 11.1. The van der Waals surface area contributed by atoms with Gasteiger partial charge in [-0.05, 0) is 18.2 Å². The van der Waals surface area contributed by atoms with Crippen molar-refractivity contribution in [1.82, 2.24) is 9.99 Å². The monoisotopic (exact) mass is 350 g/mol. The third-order valence-corrected chi connectivity index (χ3v) is 3.94. The summed E-state index contributed by atoms with van der Waals surface area (Å²) in [5.41, 5.74) is 9.51. The first-order valence-corrected chi connectivity index (χ1v) is 8.04. The van der Waals surface area contributed by atoms with Crippen LogP contribution in [-0.4, -0.2) is 27.7 Å². The number of primary amides is 1. The highest BCUT2D eigenvalue weighted by Crippen LogP contribution is 2.20. The number of hydrogen-bond donors (Lipinski definition) is 3. The Morgan fingerprint density at radius 1 is 1.15 bits per heavy atom. The van der Waals surface area contributed by atoms with Crippen molar-refractivity contribution in [3.63, 3.8) is 0 Å². The van der Waals surface area contributed by atoms with E-state index in [9.17, 15) is 14.7 Å². The topological polar surface area (TPSA) is 110 Å². The van der Waals surface area contributed by atoms with Crippen LogP contribution >= 0.6 is 0 Å². The number of nitrogens with two attached hydrogens (primary N) is 1. The summed E-state index contributed by atoms with van der Waals surface area (Å²) in [6, 6.07) is 13.9. The Hall–Kier alpha value is -3.61. The van der Waals surface area contributed by atoms with E-state index in [0.29, 0.717) is 6.54 Å². The van der Waals surface area contributed by atoms with Crippen molar-refractivity contribution in [2.45, 2.75) is 13.0 Å². The Morgan fingerprint density at radius 2 is 1.88 bits per heavy atom. The van der Waals surface area contributed by atoms with E-state index in [2.05, 4.69) is 10.5 Å². The number of hydrazone groups is 1. The highest BCUT2D eigenvalue weighted by molar-refractivity contribution is 6.01. The SMILES string of the molecule is NC(=O)CCn1cc(/C=N/NC(=O)c2ccccc2O)c2ccccc21. The molecule has 0 aliphatic rings. The van der Waals surface area contributed by atoms with Crippen LogP contribution in [0.1, 0.15) is 22.3 Å². The molecule has 7 nitrogen and oxygen atoms in total. The number of nitrogens with zero attached hydrogens (tertiary/aromatic N) is 2. The maximum atomic E-state index is 12.1. The van der Waals surface area contributed by atoms with Gasteiger partial charge in [-0.1, -0.05) is 30.3 Å². The third kappa shape index (κ3) is 3.72. The van der Waals surface area contributed by atoms with Crippen LogP contribution in [0.5, 0.6) is 5.75 Å². The molecule has 0 fully saturated rings. The van der Waals surface area contributed by atoms with Crippen LogP contribution in [0, 0.1) is 0 Å². The van der Waals surface area contributed by atoms with E-state index in [1.165, 1.54) is 18.3 Å². The quantitative estimate of drug-likeness (QED) is 0.467. The molecule has 1 heterocycles. The molecule has 3 rings (SSSR count). The van der Waals surface area contributed by atoms with Gasteiger partial charge in [-0.2, -0.15) is 5.10 Å². The number of phenols is 1. The van der Waals surface area contributed by atoms with Gasteiger partial charge >= 0.3 is 0 Å². The molecule has 0 bridgehead atoms. The lowest BCUT2D eigenvalue weighted by molar-refractivity contribution is -0.118. The molecule has 0 spiro atoms. The number of benzene rings is 2. The van der Waals surface area contributed by atoms with Crippen molar-refractivity contribution in [1.29, 1.82) is 0 Å². The van der Waals surface area contributed by atoms with Crippen LogP contribution in [0.3, 0.4) is 0 Å². The van der Waals surface area contributed by atoms with Gasteiger partial charge in [-0.25, -0.2) is 5.43 Å². The number of aryl methyl sites for hydroxylation is 1. The zero-order valence-electron chi connectivity index (χ0n) is 13.9. The number of para-hydroxylation sites is 2. The average Bonchev–Trinajstić information content (AvgIpc) is 2.98. The number of nitrogens with one attached hydrogen (secondary N) is 1. The largest absolute Gasteiger partial charge is 0.507 e. The lowest BCUT2D eigenvalue weighted by atomic mass is 10.2. The summed E-state index contributed by atoms with van der Waals surface area (Å²) < 4.78 is 1.92. The third-order valence-electron chi connectivity index (χ3n) is 3.94. The van der Waals surface area contributed by atoms with E-state index < -0.39 is 5.91 Å². The van der Waals surface area contributed by atoms with E-state index in [0.717, 1.165) is 16.5 Å². The predicted octanol–water partition coefficient (Wildman–Crippen LogP) is 1.99. The minimum atomic E-state index is -0.503. The summed E-state index contributed by atoms with van der Waals surface area (Å²) in [4.78, 5) is 23.1. The van der Waals surface area contributed by atoms with Gasteiger partial charge < -0.3 is 15.4 Å².